The van der Waals surface area contributed by atoms with E-state index < -0.39 is 35.6 Å². The summed E-state index contributed by atoms with van der Waals surface area (Å²) in [5.41, 5.74) is 5.13. The van der Waals surface area contributed by atoms with Crippen LogP contribution in [0.1, 0.15) is 33.6 Å². The van der Waals surface area contributed by atoms with E-state index in [1.165, 1.54) is 18.2 Å². The predicted octanol–water partition coefficient (Wildman–Crippen LogP) is -0.626. The molecule has 25 heavy (non-hydrogen) atoms. The highest BCUT2D eigenvalue weighted by molar-refractivity contribution is 6.24. The Morgan fingerprint density at radius 3 is 2.60 bits per heavy atom. The monoisotopic (exact) mass is 367 g/mol. The molecule has 2 aliphatic rings. The van der Waals surface area contributed by atoms with Gasteiger partial charge in [0.05, 0.1) is 17.7 Å². The SMILES string of the molecule is Cl.NCC(=O)Oc1cccc2c1C(=O)N(C1CCC(=O)NC1=O)C2=O. The van der Waals surface area contributed by atoms with Crippen LogP contribution < -0.4 is 15.8 Å². The zero-order chi connectivity index (χ0) is 17.4. The van der Waals surface area contributed by atoms with Gasteiger partial charge in [-0.2, -0.15) is 0 Å². The molecule has 0 radical (unpaired) electrons. The van der Waals surface area contributed by atoms with Gasteiger partial charge in [-0.15, -0.1) is 12.4 Å². The summed E-state index contributed by atoms with van der Waals surface area (Å²) in [5, 5.41) is 2.10. The van der Waals surface area contributed by atoms with Crippen LogP contribution in [0.2, 0.25) is 0 Å². The first-order valence-electron chi connectivity index (χ1n) is 7.19. The number of carbonyl (C=O) groups is 5. The van der Waals surface area contributed by atoms with Crippen LogP contribution >= 0.6 is 12.4 Å². The van der Waals surface area contributed by atoms with Crippen LogP contribution in [-0.4, -0.2) is 47.1 Å². The van der Waals surface area contributed by atoms with Gasteiger partial charge in [0.1, 0.15) is 11.8 Å². The summed E-state index contributed by atoms with van der Waals surface area (Å²) in [6.07, 6.45) is 0.0763. The Hall–Kier alpha value is -2.78. The maximum absolute atomic E-state index is 12.6. The van der Waals surface area contributed by atoms with Crippen LogP contribution in [0.15, 0.2) is 18.2 Å². The average Bonchev–Trinajstić information content (AvgIpc) is 2.80. The predicted molar refractivity (Wildman–Crippen MR) is 85.1 cm³/mol. The van der Waals surface area contributed by atoms with Gasteiger partial charge in [-0.3, -0.25) is 34.2 Å². The van der Waals surface area contributed by atoms with E-state index in [0.717, 1.165) is 4.90 Å². The number of piperidine rings is 1. The van der Waals surface area contributed by atoms with Crippen molar-refractivity contribution in [1.29, 1.82) is 0 Å². The molecule has 2 heterocycles. The summed E-state index contributed by atoms with van der Waals surface area (Å²) in [6, 6.07) is 3.15. The molecule has 4 amide bonds. The largest absolute Gasteiger partial charge is 0.425 e. The number of nitrogens with zero attached hydrogens (tertiary/aromatic N) is 1. The van der Waals surface area contributed by atoms with E-state index in [0.29, 0.717) is 0 Å². The zero-order valence-corrected chi connectivity index (χ0v) is 13.6. The van der Waals surface area contributed by atoms with Crippen molar-refractivity contribution in [3.8, 4) is 5.75 Å². The summed E-state index contributed by atoms with van der Waals surface area (Å²) < 4.78 is 4.99. The molecular formula is C15H14ClN3O6. The Balaban J connectivity index is 0.00000225. The van der Waals surface area contributed by atoms with Crippen molar-refractivity contribution in [3.05, 3.63) is 29.3 Å². The summed E-state index contributed by atoms with van der Waals surface area (Å²) in [4.78, 5) is 60.5. The summed E-state index contributed by atoms with van der Waals surface area (Å²) >= 11 is 0. The van der Waals surface area contributed by atoms with Gasteiger partial charge < -0.3 is 10.5 Å². The maximum atomic E-state index is 12.6. The maximum Gasteiger partial charge on any atom is 0.325 e. The molecule has 132 valence electrons. The van der Waals surface area contributed by atoms with E-state index in [4.69, 9.17) is 10.5 Å². The number of benzene rings is 1. The number of halogens is 1. The van der Waals surface area contributed by atoms with Crippen LogP contribution in [0.4, 0.5) is 0 Å². The van der Waals surface area contributed by atoms with Crippen LogP contribution in [0, 0.1) is 0 Å². The average molecular weight is 368 g/mol. The lowest BCUT2D eigenvalue weighted by molar-refractivity contribution is -0.136. The number of ether oxygens (including phenoxy) is 1. The number of esters is 1. The second-order valence-electron chi connectivity index (χ2n) is 5.30. The third-order valence-corrected chi connectivity index (χ3v) is 3.82. The number of nitrogens with one attached hydrogen (secondary N) is 1. The minimum atomic E-state index is -1.08. The number of imide groups is 2. The van der Waals surface area contributed by atoms with Crippen molar-refractivity contribution in [1.82, 2.24) is 10.2 Å². The summed E-state index contributed by atoms with van der Waals surface area (Å²) in [5.74, 6) is -3.43. The smallest absolute Gasteiger partial charge is 0.325 e. The fourth-order valence-electron chi connectivity index (χ4n) is 2.73. The Morgan fingerprint density at radius 1 is 1.24 bits per heavy atom. The second-order valence-corrected chi connectivity index (χ2v) is 5.30. The van der Waals surface area contributed by atoms with Gasteiger partial charge >= 0.3 is 5.97 Å². The summed E-state index contributed by atoms with van der Waals surface area (Å²) in [7, 11) is 0. The lowest BCUT2D eigenvalue weighted by atomic mass is 10.0. The van der Waals surface area contributed by atoms with Crippen molar-refractivity contribution in [2.24, 2.45) is 5.73 Å². The summed E-state index contributed by atoms with van der Waals surface area (Å²) in [6.45, 7) is -0.386. The fourth-order valence-corrected chi connectivity index (χ4v) is 2.73. The topological polar surface area (TPSA) is 136 Å². The van der Waals surface area contributed by atoms with Crippen LogP contribution in [0.3, 0.4) is 0 Å². The van der Waals surface area contributed by atoms with Gasteiger partial charge in [0, 0.05) is 6.42 Å². The van der Waals surface area contributed by atoms with Crippen molar-refractivity contribution >= 4 is 42.0 Å². The van der Waals surface area contributed by atoms with Crippen LogP contribution in [0.25, 0.3) is 0 Å². The molecule has 3 N–H and O–H groups in total. The number of carbonyl (C=O) groups excluding carboxylic acids is 5. The van der Waals surface area contributed by atoms with Crippen molar-refractivity contribution in [2.75, 3.05) is 6.54 Å². The molecule has 10 heteroatoms. The number of nitrogens with two attached hydrogens (primary N) is 1. The van der Waals surface area contributed by atoms with E-state index in [-0.39, 0.29) is 48.7 Å². The first-order chi connectivity index (χ1) is 11.4. The molecule has 0 aromatic heterocycles. The van der Waals surface area contributed by atoms with Gasteiger partial charge in [0.2, 0.25) is 11.8 Å². The molecule has 1 saturated heterocycles. The molecule has 1 aromatic carbocycles. The van der Waals surface area contributed by atoms with E-state index in [2.05, 4.69) is 5.32 Å². The van der Waals surface area contributed by atoms with Gasteiger partial charge in [0.15, 0.2) is 0 Å². The van der Waals surface area contributed by atoms with E-state index >= 15 is 0 Å². The molecular weight excluding hydrogens is 354 g/mol. The first kappa shape index (κ1) is 18.6. The third-order valence-electron chi connectivity index (χ3n) is 3.82. The highest BCUT2D eigenvalue weighted by Gasteiger charge is 2.46. The van der Waals surface area contributed by atoms with Gasteiger partial charge in [-0.1, -0.05) is 6.07 Å². The van der Waals surface area contributed by atoms with E-state index in [1.807, 2.05) is 0 Å². The second kappa shape index (κ2) is 6.99. The van der Waals surface area contributed by atoms with Crippen molar-refractivity contribution < 1.29 is 28.7 Å². The minimum Gasteiger partial charge on any atom is -0.425 e. The Labute approximate surface area is 147 Å². The number of hydrogen-bond acceptors (Lipinski definition) is 7. The van der Waals surface area contributed by atoms with Crippen molar-refractivity contribution in [2.45, 2.75) is 18.9 Å². The molecule has 2 aliphatic heterocycles. The lowest BCUT2D eigenvalue weighted by Crippen LogP contribution is -2.54. The van der Waals surface area contributed by atoms with Gasteiger partial charge in [-0.25, -0.2) is 0 Å². The molecule has 3 rings (SSSR count). The number of fused-ring (bicyclic) bond motifs is 1. The zero-order valence-electron chi connectivity index (χ0n) is 12.8. The Bertz CT molecular complexity index is 793. The van der Waals surface area contributed by atoms with Crippen LogP contribution in [0.5, 0.6) is 5.75 Å². The first-order valence-corrected chi connectivity index (χ1v) is 7.19. The standard InChI is InChI=1S/C15H13N3O6.ClH/c16-6-11(20)24-9-3-1-2-7-12(9)15(23)18(14(7)22)8-4-5-10(19)17-13(8)21;/h1-3,8H,4-6,16H2,(H,17,19,21);1H. The molecule has 1 fully saturated rings. The molecule has 0 bridgehead atoms. The van der Waals surface area contributed by atoms with Crippen molar-refractivity contribution in [3.63, 3.8) is 0 Å². The number of hydrogen-bond donors (Lipinski definition) is 2. The van der Waals surface area contributed by atoms with Crippen LogP contribution in [-0.2, 0) is 14.4 Å². The number of rotatable bonds is 3. The van der Waals surface area contributed by atoms with E-state index in [9.17, 15) is 24.0 Å². The Morgan fingerprint density at radius 2 is 1.96 bits per heavy atom. The molecule has 1 atom stereocenters. The highest BCUT2D eigenvalue weighted by atomic mass is 35.5. The molecule has 0 aliphatic carbocycles. The molecule has 0 saturated carbocycles. The fraction of sp³-hybridized carbons (Fsp3) is 0.267. The lowest BCUT2D eigenvalue weighted by Gasteiger charge is -2.27. The molecule has 1 aromatic rings. The highest BCUT2D eigenvalue weighted by Crippen LogP contribution is 2.33. The van der Waals surface area contributed by atoms with Gasteiger partial charge in [-0.05, 0) is 18.6 Å². The van der Waals surface area contributed by atoms with E-state index in [1.54, 1.807) is 0 Å². The molecule has 0 spiro atoms. The Kier molecular flexibility index (Phi) is 5.19. The minimum absolute atomic E-state index is 0. The molecule has 1 unspecified atom stereocenters. The third kappa shape index (κ3) is 3.11. The molecule has 9 nitrogen and oxygen atoms in total. The number of amides is 4. The normalized spacial score (nSPS) is 19.2. The quantitative estimate of drug-likeness (QED) is 0.412. The van der Waals surface area contributed by atoms with Gasteiger partial charge in [0.25, 0.3) is 11.8 Å².